The summed E-state index contributed by atoms with van der Waals surface area (Å²) in [5.41, 5.74) is 2.74. The van der Waals surface area contributed by atoms with Crippen molar-refractivity contribution in [1.82, 2.24) is 4.72 Å². The average Bonchev–Trinajstić information content (AvgIpc) is 2.49. The molecule has 0 spiro atoms. The minimum atomic E-state index is -3.37. The number of anilines is 2. The number of carbonyl (C=O) groups is 1. The number of aryl methyl sites for hydroxylation is 1. The Morgan fingerprint density at radius 1 is 1.17 bits per heavy atom. The second-order valence-corrected chi connectivity index (χ2v) is 7.29. The molecule has 0 saturated heterocycles. The van der Waals surface area contributed by atoms with Gasteiger partial charge in [0.25, 0.3) is 0 Å². The highest BCUT2D eigenvalue weighted by atomic mass is 32.2. The van der Waals surface area contributed by atoms with Crippen molar-refractivity contribution in [1.29, 1.82) is 0 Å². The van der Waals surface area contributed by atoms with E-state index in [0.717, 1.165) is 24.3 Å². The Balaban J connectivity index is 2.69. The molecule has 1 aromatic rings. The summed E-state index contributed by atoms with van der Waals surface area (Å²) in [6.45, 7) is 9.47. The quantitative estimate of drug-likeness (QED) is 0.721. The van der Waals surface area contributed by atoms with Crippen LogP contribution in [-0.2, 0) is 14.8 Å². The summed E-state index contributed by atoms with van der Waals surface area (Å²) in [6, 6.07) is 5.82. The van der Waals surface area contributed by atoms with Crippen LogP contribution in [-0.4, -0.2) is 39.7 Å². The molecule has 130 valence electrons. The summed E-state index contributed by atoms with van der Waals surface area (Å²) in [5.74, 6) is -0.346. The Hall–Kier alpha value is -1.60. The van der Waals surface area contributed by atoms with Crippen molar-refractivity contribution in [3.8, 4) is 0 Å². The Morgan fingerprint density at radius 2 is 1.83 bits per heavy atom. The van der Waals surface area contributed by atoms with E-state index >= 15 is 0 Å². The van der Waals surface area contributed by atoms with Crippen LogP contribution < -0.4 is 14.9 Å². The molecule has 7 heteroatoms. The molecule has 0 aromatic heterocycles. The van der Waals surface area contributed by atoms with Gasteiger partial charge in [-0.2, -0.15) is 0 Å². The number of amides is 1. The normalized spacial score (nSPS) is 11.3. The second-order valence-electron chi connectivity index (χ2n) is 5.36. The molecule has 0 aliphatic heterocycles. The molecule has 23 heavy (non-hydrogen) atoms. The minimum Gasteiger partial charge on any atom is -0.372 e. The third-order valence-electron chi connectivity index (χ3n) is 3.54. The number of rotatable bonds is 9. The maximum Gasteiger partial charge on any atom is 0.239 e. The number of sulfonamides is 1. The third kappa shape index (κ3) is 6.19. The van der Waals surface area contributed by atoms with E-state index in [1.807, 2.05) is 25.1 Å². The summed E-state index contributed by atoms with van der Waals surface area (Å²) < 4.78 is 25.4. The molecule has 6 nitrogen and oxygen atoms in total. The van der Waals surface area contributed by atoms with Gasteiger partial charge < -0.3 is 10.2 Å². The maximum atomic E-state index is 11.9. The van der Waals surface area contributed by atoms with E-state index in [2.05, 4.69) is 28.8 Å². The van der Waals surface area contributed by atoms with Crippen LogP contribution in [0.5, 0.6) is 0 Å². The van der Waals surface area contributed by atoms with E-state index in [-0.39, 0.29) is 18.2 Å². The zero-order chi connectivity index (χ0) is 17.5. The van der Waals surface area contributed by atoms with Crippen LogP contribution in [0.4, 0.5) is 11.4 Å². The summed E-state index contributed by atoms with van der Waals surface area (Å²) in [6.07, 6.45) is 0.517. The Kier molecular flexibility index (Phi) is 7.51. The number of carbonyl (C=O) groups excluding carboxylic acids is 1. The van der Waals surface area contributed by atoms with E-state index in [4.69, 9.17) is 0 Å². The molecular weight excluding hydrogens is 314 g/mol. The summed E-state index contributed by atoms with van der Waals surface area (Å²) >= 11 is 0. The van der Waals surface area contributed by atoms with Gasteiger partial charge in [-0.15, -0.1) is 0 Å². The van der Waals surface area contributed by atoms with Crippen LogP contribution in [0.1, 0.15) is 32.8 Å². The van der Waals surface area contributed by atoms with Gasteiger partial charge in [-0.3, -0.25) is 4.79 Å². The lowest BCUT2D eigenvalue weighted by Gasteiger charge is -2.22. The molecule has 0 bridgehead atoms. The van der Waals surface area contributed by atoms with Gasteiger partial charge in [0.15, 0.2) is 0 Å². The molecule has 0 fully saturated rings. The Morgan fingerprint density at radius 3 is 2.35 bits per heavy atom. The largest absolute Gasteiger partial charge is 0.372 e. The standard InChI is InChI=1S/C16H27N3O3S/c1-5-10-23(21,22)17-12-16(20)18-15-9-8-14(11-13(15)4)19(6-2)7-3/h8-9,11,17H,5-7,10,12H2,1-4H3,(H,18,20). The smallest absolute Gasteiger partial charge is 0.239 e. The SMILES string of the molecule is CCCS(=O)(=O)NCC(=O)Nc1ccc(N(CC)CC)cc1C. The molecular formula is C16H27N3O3S. The molecule has 2 N–H and O–H groups in total. The predicted molar refractivity (Wildman–Crippen MR) is 95.5 cm³/mol. The lowest BCUT2D eigenvalue weighted by atomic mass is 10.1. The number of nitrogens with zero attached hydrogens (tertiary/aromatic N) is 1. The highest BCUT2D eigenvalue weighted by molar-refractivity contribution is 7.89. The first-order valence-corrected chi connectivity index (χ1v) is 9.61. The first-order chi connectivity index (χ1) is 10.8. The molecule has 1 aromatic carbocycles. The van der Waals surface area contributed by atoms with Gasteiger partial charge in [-0.1, -0.05) is 6.92 Å². The molecule has 1 amide bonds. The van der Waals surface area contributed by atoms with E-state index < -0.39 is 10.0 Å². The summed E-state index contributed by atoms with van der Waals surface area (Å²) in [5, 5.41) is 2.74. The van der Waals surface area contributed by atoms with Gasteiger partial charge in [0.1, 0.15) is 0 Å². The lowest BCUT2D eigenvalue weighted by Crippen LogP contribution is -2.34. The van der Waals surface area contributed by atoms with Gasteiger partial charge in [0.2, 0.25) is 15.9 Å². The molecule has 0 heterocycles. The molecule has 0 atom stereocenters. The summed E-state index contributed by atoms with van der Waals surface area (Å²) in [7, 11) is -3.37. The average molecular weight is 341 g/mol. The van der Waals surface area contributed by atoms with E-state index in [1.165, 1.54) is 0 Å². The van der Waals surface area contributed by atoms with Gasteiger partial charge in [-0.05, 0) is 51.0 Å². The van der Waals surface area contributed by atoms with Crippen LogP contribution >= 0.6 is 0 Å². The van der Waals surface area contributed by atoms with Crippen molar-refractivity contribution in [3.63, 3.8) is 0 Å². The predicted octanol–water partition coefficient (Wildman–Crippen LogP) is 2.11. The van der Waals surface area contributed by atoms with Crippen molar-refractivity contribution in [2.45, 2.75) is 34.1 Å². The summed E-state index contributed by atoms with van der Waals surface area (Å²) in [4.78, 5) is 14.1. The topological polar surface area (TPSA) is 78.5 Å². The minimum absolute atomic E-state index is 0.0257. The Labute approximate surface area is 139 Å². The van der Waals surface area contributed by atoms with Crippen LogP contribution in [0.3, 0.4) is 0 Å². The second kappa shape index (κ2) is 8.88. The highest BCUT2D eigenvalue weighted by Gasteiger charge is 2.12. The van der Waals surface area contributed by atoms with Crippen molar-refractivity contribution >= 4 is 27.3 Å². The van der Waals surface area contributed by atoms with Crippen molar-refractivity contribution in [2.24, 2.45) is 0 Å². The third-order valence-corrected chi connectivity index (χ3v) is 5.07. The van der Waals surface area contributed by atoms with Gasteiger partial charge >= 0.3 is 0 Å². The van der Waals surface area contributed by atoms with Crippen LogP contribution in [0.25, 0.3) is 0 Å². The number of hydrogen-bond donors (Lipinski definition) is 2. The van der Waals surface area contributed by atoms with Gasteiger partial charge in [-0.25, -0.2) is 13.1 Å². The van der Waals surface area contributed by atoms with Crippen LogP contribution in [0.2, 0.25) is 0 Å². The van der Waals surface area contributed by atoms with E-state index in [0.29, 0.717) is 12.1 Å². The van der Waals surface area contributed by atoms with E-state index in [1.54, 1.807) is 6.92 Å². The fourth-order valence-corrected chi connectivity index (χ4v) is 3.32. The van der Waals surface area contributed by atoms with Gasteiger partial charge in [0.05, 0.1) is 12.3 Å². The van der Waals surface area contributed by atoms with E-state index in [9.17, 15) is 13.2 Å². The van der Waals surface area contributed by atoms with Crippen LogP contribution in [0.15, 0.2) is 18.2 Å². The van der Waals surface area contributed by atoms with Crippen molar-refractivity contribution < 1.29 is 13.2 Å². The van der Waals surface area contributed by atoms with Crippen LogP contribution in [0, 0.1) is 6.92 Å². The molecule has 0 unspecified atom stereocenters. The highest BCUT2D eigenvalue weighted by Crippen LogP contribution is 2.22. The number of hydrogen-bond acceptors (Lipinski definition) is 4. The monoisotopic (exact) mass is 341 g/mol. The van der Waals surface area contributed by atoms with Gasteiger partial charge in [0, 0.05) is 24.5 Å². The Bertz CT molecular complexity index is 625. The molecule has 0 radical (unpaired) electrons. The van der Waals surface area contributed by atoms with Crippen molar-refractivity contribution in [3.05, 3.63) is 23.8 Å². The zero-order valence-corrected chi connectivity index (χ0v) is 15.2. The zero-order valence-electron chi connectivity index (χ0n) is 14.3. The van der Waals surface area contributed by atoms with Crippen molar-refractivity contribution in [2.75, 3.05) is 35.6 Å². The number of nitrogens with one attached hydrogen (secondary N) is 2. The fraction of sp³-hybridized carbons (Fsp3) is 0.562. The lowest BCUT2D eigenvalue weighted by molar-refractivity contribution is -0.115. The molecule has 1 rings (SSSR count). The molecule has 0 aliphatic rings. The molecule has 0 aliphatic carbocycles. The first-order valence-electron chi connectivity index (χ1n) is 7.95. The molecule has 0 saturated carbocycles. The maximum absolute atomic E-state index is 11.9. The first kappa shape index (κ1) is 19.4. The fourth-order valence-electron chi connectivity index (χ4n) is 2.28. The number of benzene rings is 1.